The number of rotatable bonds is 2. The number of nitrogens with one attached hydrogen (secondary N) is 1. The van der Waals surface area contributed by atoms with Gasteiger partial charge in [-0.2, -0.15) is 13.2 Å². The predicted octanol–water partition coefficient (Wildman–Crippen LogP) is 4.03. The molecule has 2 atom stereocenters. The maximum Gasteiger partial charge on any atom is 0.434 e. The van der Waals surface area contributed by atoms with Crippen molar-refractivity contribution >= 4 is 39.5 Å². The standard InChI is InChI=1S/C18H20F3N5S/c1-8(16-25-14(18(19,20)21)13(27)15(22)26-16)11-5-9-10(17(2,3)4)6-23-12(9)7-24-11/h5-8,15,23H,22H2,1-4H3. The van der Waals surface area contributed by atoms with Gasteiger partial charge in [-0.05, 0) is 24.0 Å². The summed E-state index contributed by atoms with van der Waals surface area (Å²) >= 11 is 4.76. The lowest BCUT2D eigenvalue weighted by Crippen LogP contribution is -2.44. The Kier molecular flexibility index (Phi) is 4.72. The van der Waals surface area contributed by atoms with Crippen molar-refractivity contribution in [2.24, 2.45) is 15.7 Å². The van der Waals surface area contributed by atoms with E-state index in [-0.39, 0.29) is 11.3 Å². The zero-order chi connectivity index (χ0) is 20.1. The van der Waals surface area contributed by atoms with Gasteiger partial charge in [-0.1, -0.05) is 33.0 Å². The number of amidine groups is 1. The van der Waals surface area contributed by atoms with Crippen LogP contribution >= 0.6 is 12.2 Å². The third-order valence-electron chi connectivity index (χ3n) is 4.49. The number of nitrogens with zero attached hydrogens (tertiary/aromatic N) is 3. The lowest BCUT2D eigenvalue weighted by molar-refractivity contribution is -0.0566. The zero-order valence-electron chi connectivity index (χ0n) is 15.3. The Morgan fingerprint density at radius 2 is 1.93 bits per heavy atom. The van der Waals surface area contributed by atoms with E-state index in [2.05, 4.69) is 40.7 Å². The smallest absolute Gasteiger partial charge is 0.360 e. The SMILES string of the molecule is CC(C1=NC(N)C(=S)C(C(F)(F)F)=N1)c1cc2c(C(C)(C)C)c[nH]c2cn1. The Morgan fingerprint density at radius 3 is 2.52 bits per heavy atom. The number of thiocarbonyl (C=S) groups is 1. The van der Waals surface area contributed by atoms with E-state index in [4.69, 9.17) is 18.0 Å². The van der Waals surface area contributed by atoms with Crippen LogP contribution in [0.4, 0.5) is 13.2 Å². The molecule has 0 saturated heterocycles. The molecule has 1 aliphatic rings. The van der Waals surface area contributed by atoms with Crippen LogP contribution in [-0.4, -0.2) is 38.7 Å². The highest BCUT2D eigenvalue weighted by Crippen LogP contribution is 2.32. The zero-order valence-corrected chi connectivity index (χ0v) is 16.2. The first-order chi connectivity index (χ1) is 12.4. The molecule has 3 N–H and O–H groups in total. The van der Waals surface area contributed by atoms with Crippen molar-refractivity contribution in [3.8, 4) is 0 Å². The number of fused-ring (bicyclic) bond motifs is 1. The molecule has 2 unspecified atom stereocenters. The molecule has 0 bridgehead atoms. The molecule has 1 aliphatic heterocycles. The molecule has 0 radical (unpaired) electrons. The third-order valence-corrected chi connectivity index (χ3v) is 4.93. The number of aromatic amines is 1. The summed E-state index contributed by atoms with van der Waals surface area (Å²) in [5.74, 6) is -0.591. The topological polar surface area (TPSA) is 79.4 Å². The second kappa shape index (κ2) is 6.49. The average molecular weight is 395 g/mol. The van der Waals surface area contributed by atoms with Crippen LogP contribution in [0.25, 0.3) is 10.9 Å². The van der Waals surface area contributed by atoms with E-state index >= 15 is 0 Å². The summed E-state index contributed by atoms with van der Waals surface area (Å²) in [6.07, 6.45) is -2.33. The number of aliphatic imine (C=N–C) groups is 2. The number of alkyl halides is 3. The van der Waals surface area contributed by atoms with Crippen molar-refractivity contribution in [2.45, 2.75) is 51.4 Å². The molecular weight excluding hydrogens is 375 g/mol. The summed E-state index contributed by atoms with van der Waals surface area (Å²) < 4.78 is 39.6. The molecule has 0 aliphatic carbocycles. The number of halogens is 3. The average Bonchev–Trinajstić information content (AvgIpc) is 2.98. The fraction of sp³-hybridized carbons (Fsp3) is 0.444. The number of H-pyrrole nitrogens is 1. The monoisotopic (exact) mass is 395 g/mol. The summed E-state index contributed by atoms with van der Waals surface area (Å²) in [5.41, 5.74) is 6.96. The van der Waals surface area contributed by atoms with E-state index in [1.807, 2.05) is 12.3 Å². The second-order valence-electron chi connectivity index (χ2n) is 7.58. The van der Waals surface area contributed by atoms with Crippen LogP contribution in [0.1, 0.15) is 44.9 Å². The van der Waals surface area contributed by atoms with E-state index in [0.29, 0.717) is 5.69 Å². The molecule has 144 valence electrons. The number of hydrogen-bond donors (Lipinski definition) is 2. The molecule has 3 rings (SSSR count). The van der Waals surface area contributed by atoms with Crippen LogP contribution in [0.3, 0.4) is 0 Å². The van der Waals surface area contributed by atoms with Crippen LogP contribution in [-0.2, 0) is 5.41 Å². The van der Waals surface area contributed by atoms with E-state index in [1.54, 1.807) is 13.1 Å². The molecule has 0 fully saturated rings. The Labute approximate surface area is 160 Å². The summed E-state index contributed by atoms with van der Waals surface area (Å²) in [6.45, 7) is 7.97. The third kappa shape index (κ3) is 3.66. The van der Waals surface area contributed by atoms with Gasteiger partial charge in [0.1, 0.15) is 12.0 Å². The number of hydrogen-bond acceptors (Lipinski definition) is 5. The van der Waals surface area contributed by atoms with Gasteiger partial charge in [-0.25, -0.2) is 9.98 Å². The maximum atomic E-state index is 13.2. The molecule has 5 nitrogen and oxygen atoms in total. The summed E-state index contributed by atoms with van der Waals surface area (Å²) in [5, 5.41) is 0.968. The van der Waals surface area contributed by atoms with E-state index < -0.39 is 28.8 Å². The van der Waals surface area contributed by atoms with Crippen molar-refractivity contribution in [3.63, 3.8) is 0 Å². The van der Waals surface area contributed by atoms with Gasteiger partial charge in [-0.15, -0.1) is 0 Å². The van der Waals surface area contributed by atoms with Gasteiger partial charge < -0.3 is 10.7 Å². The lowest BCUT2D eigenvalue weighted by Gasteiger charge is -2.23. The minimum absolute atomic E-state index is 0.0249. The second-order valence-corrected chi connectivity index (χ2v) is 8.02. The summed E-state index contributed by atoms with van der Waals surface area (Å²) in [4.78, 5) is 14.8. The van der Waals surface area contributed by atoms with E-state index in [0.717, 1.165) is 16.5 Å². The van der Waals surface area contributed by atoms with E-state index in [9.17, 15) is 13.2 Å². The van der Waals surface area contributed by atoms with Gasteiger partial charge in [0.2, 0.25) is 0 Å². The Balaban J connectivity index is 2.05. The Morgan fingerprint density at radius 1 is 1.26 bits per heavy atom. The fourth-order valence-corrected chi connectivity index (χ4v) is 3.19. The van der Waals surface area contributed by atoms with Gasteiger partial charge >= 0.3 is 6.18 Å². The summed E-state index contributed by atoms with van der Waals surface area (Å²) in [6, 6.07) is 1.86. The van der Waals surface area contributed by atoms with Gasteiger partial charge in [0.25, 0.3) is 0 Å². The predicted molar refractivity (Wildman–Crippen MR) is 105 cm³/mol. The molecule has 2 aromatic heterocycles. The number of pyridine rings is 1. The first-order valence-electron chi connectivity index (χ1n) is 8.40. The number of aromatic nitrogens is 2. The van der Waals surface area contributed by atoms with Gasteiger partial charge in [0.15, 0.2) is 5.71 Å². The lowest BCUT2D eigenvalue weighted by atomic mass is 9.86. The molecule has 27 heavy (non-hydrogen) atoms. The van der Waals surface area contributed by atoms with Crippen LogP contribution in [0.2, 0.25) is 0 Å². The highest BCUT2D eigenvalue weighted by Gasteiger charge is 2.42. The van der Waals surface area contributed by atoms with Crippen LogP contribution in [0.15, 0.2) is 28.4 Å². The van der Waals surface area contributed by atoms with Gasteiger partial charge in [-0.3, -0.25) is 4.98 Å². The first kappa shape index (κ1) is 19.6. The molecule has 0 spiro atoms. The Hall–Kier alpha value is -2.13. The molecule has 2 aromatic rings. The highest BCUT2D eigenvalue weighted by atomic mass is 32.1. The van der Waals surface area contributed by atoms with Crippen molar-refractivity contribution in [2.75, 3.05) is 0 Å². The van der Waals surface area contributed by atoms with Crippen molar-refractivity contribution in [1.29, 1.82) is 0 Å². The van der Waals surface area contributed by atoms with Crippen molar-refractivity contribution < 1.29 is 13.2 Å². The summed E-state index contributed by atoms with van der Waals surface area (Å²) in [7, 11) is 0. The van der Waals surface area contributed by atoms with Crippen LogP contribution in [0.5, 0.6) is 0 Å². The first-order valence-corrected chi connectivity index (χ1v) is 8.81. The quantitative estimate of drug-likeness (QED) is 0.754. The normalized spacial score (nSPS) is 19.9. The molecule has 0 aromatic carbocycles. The largest absolute Gasteiger partial charge is 0.434 e. The fourth-order valence-electron chi connectivity index (χ4n) is 2.98. The van der Waals surface area contributed by atoms with Gasteiger partial charge in [0, 0.05) is 11.6 Å². The van der Waals surface area contributed by atoms with E-state index in [1.165, 1.54) is 0 Å². The highest BCUT2D eigenvalue weighted by molar-refractivity contribution is 7.82. The molecule has 3 heterocycles. The minimum Gasteiger partial charge on any atom is -0.360 e. The molecule has 0 saturated carbocycles. The molecule has 9 heteroatoms. The van der Waals surface area contributed by atoms with Crippen molar-refractivity contribution in [3.05, 3.63) is 29.7 Å². The minimum atomic E-state index is -4.67. The van der Waals surface area contributed by atoms with Gasteiger partial charge in [0.05, 0.1) is 28.2 Å². The van der Waals surface area contributed by atoms with Crippen LogP contribution in [0, 0.1) is 0 Å². The number of nitrogens with two attached hydrogens (primary N) is 1. The van der Waals surface area contributed by atoms with Crippen LogP contribution < -0.4 is 5.73 Å². The molecule has 0 amide bonds. The molecular formula is C18H20F3N5S. The maximum absolute atomic E-state index is 13.2. The van der Waals surface area contributed by atoms with Crippen molar-refractivity contribution in [1.82, 2.24) is 9.97 Å². The Bertz CT molecular complexity index is 966.